The van der Waals surface area contributed by atoms with E-state index in [4.69, 9.17) is 4.74 Å². The van der Waals surface area contributed by atoms with Crippen LogP contribution in [0.1, 0.15) is 41.3 Å². The number of hydrogen-bond donors (Lipinski definition) is 2. The number of halogens is 1. The van der Waals surface area contributed by atoms with Gasteiger partial charge in [-0.2, -0.15) is 0 Å². The van der Waals surface area contributed by atoms with E-state index in [1.54, 1.807) is 36.4 Å². The van der Waals surface area contributed by atoms with Crippen LogP contribution in [0.4, 0.5) is 10.1 Å². The van der Waals surface area contributed by atoms with Gasteiger partial charge in [0.25, 0.3) is 5.91 Å². The molecule has 4 rings (SSSR count). The Morgan fingerprint density at radius 2 is 1.84 bits per heavy atom. The molecule has 0 aliphatic rings. The van der Waals surface area contributed by atoms with E-state index in [2.05, 4.69) is 29.1 Å². The zero-order chi connectivity index (χ0) is 22.7. The SMILES string of the molecule is CC(C)c1ccc2[nH]c(O)c(N=NC(=O)c3ccccc3OCc3ccc(F)cc3)c2c1. The summed E-state index contributed by atoms with van der Waals surface area (Å²) in [5.41, 5.74) is 3.00. The van der Waals surface area contributed by atoms with Crippen LogP contribution < -0.4 is 4.74 Å². The fraction of sp³-hybridized carbons (Fsp3) is 0.160. The van der Waals surface area contributed by atoms with Crippen LogP contribution in [0.5, 0.6) is 11.6 Å². The number of aromatic hydroxyl groups is 1. The molecule has 0 bridgehead atoms. The Hall–Kier alpha value is -4.00. The van der Waals surface area contributed by atoms with Crippen LogP contribution in [0.25, 0.3) is 10.9 Å². The molecule has 1 amide bonds. The van der Waals surface area contributed by atoms with E-state index in [1.165, 1.54) is 12.1 Å². The van der Waals surface area contributed by atoms with Crippen molar-refractivity contribution >= 4 is 22.5 Å². The molecule has 1 heterocycles. The van der Waals surface area contributed by atoms with Gasteiger partial charge in [0.05, 0.1) is 11.1 Å². The molecule has 32 heavy (non-hydrogen) atoms. The van der Waals surface area contributed by atoms with Gasteiger partial charge < -0.3 is 14.8 Å². The molecule has 4 aromatic rings. The minimum absolute atomic E-state index is 0.154. The number of ether oxygens (including phenoxy) is 1. The molecule has 0 spiro atoms. The average molecular weight is 431 g/mol. The second-order valence-corrected chi connectivity index (χ2v) is 7.70. The van der Waals surface area contributed by atoms with E-state index < -0.39 is 5.91 Å². The van der Waals surface area contributed by atoms with Crippen molar-refractivity contribution in [1.29, 1.82) is 0 Å². The Bertz CT molecular complexity index is 1290. The third-order valence-electron chi connectivity index (χ3n) is 5.11. The van der Waals surface area contributed by atoms with Crippen LogP contribution in [0.3, 0.4) is 0 Å². The molecule has 0 fully saturated rings. The van der Waals surface area contributed by atoms with Crippen LogP contribution in [-0.4, -0.2) is 16.0 Å². The summed E-state index contributed by atoms with van der Waals surface area (Å²) in [6.45, 7) is 4.31. The van der Waals surface area contributed by atoms with Gasteiger partial charge in [0.1, 0.15) is 18.2 Å². The van der Waals surface area contributed by atoms with Crippen LogP contribution >= 0.6 is 0 Å². The highest BCUT2D eigenvalue weighted by Gasteiger charge is 2.15. The Morgan fingerprint density at radius 1 is 1.09 bits per heavy atom. The van der Waals surface area contributed by atoms with Crippen LogP contribution in [0.15, 0.2) is 77.0 Å². The highest BCUT2D eigenvalue weighted by atomic mass is 19.1. The zero-order valence-electron chi connectivity index (χ0n) is 17.7. The van der Waals surface area contributed by atoms with Crippen molar-refractivity contribution in [3.63, 3.8) is 0 Å². The lowest BCUT2D eigenvalue weighted by atomic mass is 10.0. The molecular weight excluding hydrogens is 409 g/mol. The number of hydrogen-bond acceptors (Lipinski definition) is 4. The molecule has 162 valence electrons. The maximum absolute atomic E-state index is 13.1. The molecular formula is C25H22FN3O3. The van der Waals surface area contributed by atoms with Crippen molar-refractivity contribution in [2.75, 3.05) is 0 Å². The predicted molar refractivity (Wildman–Crippen MR) is 120 cm³/mol. The number of aromatic amines is 1. The smallest absolute Gasteiger partial charge is 0.299 e. The Labute approximate surface area is 184 Å². The fourth-order valence-electron chi connectivity index (χ4n) is 3.30. The van der Waals surface area contributed by atoms with Crippen LogP contribution in [0.2, 0.25) is 0 Å². The van der Waals surface area contributed by atoms with Crippen molar-refractivity contribution < 1.29 is 19.0 Å². The summed E-state index contributed by atoms with van der Waals surface area (Å²) in [6, 6.07) is 18.4. The summed E-state index contributed by atoms with van der Waals surface area (Å²) < 4.78 is 18.8. The first-order valence-electron chi connectivity index (χ1n) is 10.2. The first-order valence-corrected chi connectivity index (χ1v) is 10.2. The van der Waals surface area contributed by atoms with Crippen molar-refractivity contribution in [1.82, 2.24) is 4.98 Å². The van der Waals surface area contributed by atoms with E-state index in [9.17, 15) is 14.3 Å². The van der Waals surface area contributed by atoms with Gasteiger partial charge in [-0.25, -0.2) is 4.39 Å². The van der Waals surface area contributed by atoms with E-state index in [-0.39, 0.29) is 29.6 Å². The first-order chi connectivity index (χ1) is 15.4. The summed E-state index contributed by atoms with van der Waals surface area (Å²) >= 11 is 0. The number of benzene rings is 3. The van der Waals surface area contributed by atoms with Gasteiger partial charge in [-0.1, -0.05) is 44.2 Å². The number of carbonyl (C=O) groups is 1. The summed E-state index contributed by atoms with van der Waals surface area (Å²) in [4.78, 5) is 15.6. The first kappa shape index (κ1) is 21.2. The lowest BCUT2D eigenvalue weighted by molar-refractivity contribution is 0.0990. The number of amides is 1. The second-order valence-electron chi connectivity index (χ2n) is 7.70. The van der Waals surface area contributed by atoms with Crippen LogP contribution in [-0.2, 0) is 6.61 Å². The molecule has 0 radical (unpaired) electrons. The average Bonchev–Trinajstić information content (AvgIpc) is 3.11. The lowest BCUT2D eigenvalue weighted by Gasteiger charge is -2.09. The standard InChI is InChI=1S/C25H22FN3O3/c1-15(2)17-9-12-21-20(13-17)23(25(31)27-21)28-29-24(30)19-5-3-4-6-22(19)32-14-16-7-10-18(26)11-8-16/h3-13,15,27,31H,14H2,1-2H3. The third kappa shape index (κ3) is 4.51. The topological polar surface area (TPSA) is 87.0 Å². The summed E-state index contributed by atoms with van der Waals surface area (Å²) in [5.74, 6) is -0.448. The van der Waals surface area contributed by atoms with Gasteiger partial charge in [-0.3, -0.25) is 4.79 Å². The van der Waals surface area contributed by atoms with E-state index in [0.29, 0.717) is 22.6 Å². The number of para-hydroxylation sites is 1. The van der Waals surface area contributed by atoms with Gasteiger partial charge in [0.15, 0.2) is 5.69 Å². The molecule has 0 saturated heterocycles. The third-order valence-corrected chi connectivity index (χ3v) is 5.11. The van der Waals surface area contributed by atoms with Gasteiger partial charge in [-0.15, -0.1) is 10.2 Å². The van der Waals surface area contributed by atoms with Crippen molar-refractivity contribution in [2.45, 2.75) is 26.4 Å². The number of fused-ring (bicyclic) bond motifs is 1. The van der Waals surface area contributed by atoms with Gasteiger partial charge >= 0.3 is 0 Å². The summed E-state index contributed by atoms with van der Waals surface area (Å²) in [5, 5.41) is 18.8. The Balaban J connectivity index is 1.57. The van der Waals surface area contributed by atoms with Gasteiger partial charge in [0, 0.05) is 5.39 Å². The van der Waals surface area contributed by atoms with E-state index in [0.717, 1.165) is 11.1 Å². The predicted octanol–water partition coefficient (Wildman–Crippen LogP) is 6.64. The monoisotopic (exact) mass is 431 g/mol. The fourth-order valence-corrected chi connectivity index (χ4v) is 3.30. The molecule has 0 aliphatic heterocycles. The number of H-pyrrole nitrogens is 1. The largest absolute Gasteiger partial charge is 0.493 e. The van der Waals surface area contributed by atoms with E-state index in [1.807, 2.05) is 18.2 Å². The normalized spacial score (nSPS) is 11.5. The van der Waals surface area contributed by atoms with Crippen molar-refractivity contribution in [2.24, 2.45) is 10.2 Å². The Morgan fingerprint density at radius 3 is 2.59 bits per heavy atom. The molecule has 0 aliphatic carbocycles. The number of nitrogens with one attached hydrogen (secondary N) is 1. The van der Waals surface area contributed by atoms with Crippen molar-refractivity contribution in [3.8, 4) is 11.6 Å². The number of carbonyl (C=O) groups excluding carboxylic acids is 1. The number of nitrogens with zero attached hydrogens (tertiary/aromatic N) is 2. The van der Waals surface area contributed by atoms with Crippen LogP contribution in [0, 0.1) is 5.82 Å². The lowest BCUT2D eigenvalue weighted by Crippen LogP contribution is -2.02. The maximum Gasteiger partial charge on any atom is 0.299 e. The Kier molecular flexibility index (Phi) is 5.98. The number of azo groups is 1. The molecule has 6 nitrogen and oxygen atoms in total. The summed E-state index contributed by atoms with van der Waals surface area (Å²) in [7, 11) is 0. The molecule has 0 atom stereocenters. The number of rotatable bonds is 6. The van der Waals surface area contributed by atoms with Gasteiger partial charge in [-0.05, 0) is 53.4 Å². The highest BCUT2D eigenvalue weighted by Crippen LogP contribution is 2.37. The molecule has 7 heteroatoms. The molecule has 1 aromatic heterocycles. The van der Waals surface area contributed by atoms with E-state index >= 15 is 0 Å². The highest BCUT2D eigenvalue weighted by molar-refractivity contribution is 5.98. The molecule has 0 saturated carbocycles. The van der Waals surface area contributed by atoms with Crippen molar-refractivity contribution in [3.05, 3.63) is 89.2 Å². The molecule has 0 unspecified atom stereocenters. The second kappa shape index (κ2) is 9.01. The minimum Gasteiger partial charge on any atom is -0.493 e. The van der Waals surface area contributed by atoms with Gasteiger partial charge in [0.2, 0.25) is 5.88 Å². The molecule has 2 N–H and O–H groups in total. The molecule has 3 aromatic carbocycles. The number of aromatic nitrogens is 1. The summed E-state index contributed by atoms with van der Waals surface area (Å²) in [6.07, 6.45) is 0. The zero-order valence-corrected chi connectivity index (χ0v) is 17.7. The maximum atomic E-state index is 13.1. The minimum atomic E-state index is -0.603. The quantitative estimate of drug-likeness (QED) is 0.336.